The highest BCUT2D eigenvalue weighted by atomic mass is 32.2. The third-order valence-corrected chi connectivity index (χ3v) is 1.82. The molecule has 0 aromatic carbocycles. The fraction of sp³-hybridized carbons (Fsp3) is 0.833. The maximum atomic E-state index is 11.7. The predicted molar refractivity (Wildman–Crippen MR) is 51.8 cm³/mol. The van der Waals surface area contributed by atoms with Gasteiger partial charge in [-0.1, -0.05) is 0 Å². The zero-order valence-corrected chi connectivity index (χ0v) is 8.50. The Hall–Kier alpha value is -0.630. The van der Waals surface area contributed by atoms with E-state index in [1.54, 1.807) is 0 Å². The van der Waals surface area contributed by atoms with Crippen molar-refractivity contribution in [2.75, 3.05) is 18.8 Å². The molecular weight excluding hydrogens is 217 g/mol. The van der Waals surface area contributed by atoms with Crippen LogP contribution in [-0.4, -0.2) is 30.3 Å². The van der Waals surface area contributed by atoms with Crippen LogP contribution in [0.4, 0.5) is 13.2 Å². The summed E-state index contributed by atoms with van der Waals surface area (Å²) < 4.78 is 35.0. The van der Waals surface area contributed by atoms with E-state index in [1.165, 1.54) is 0 Å². The number of nitrogens with two attached hydrogens (primary N) is 1. The maximum absolute atomic E-state index is 11.7. The fourth-order valence-electron chi connectivity index (χ4n) is 0.639. The molecule has 84 valence electrons. The van der Waals surface area contributed by atoms with E-state index in [0.29, 0.717) is 12.5 Å². The van der Waals surface area contributed by atoms with Gasteiger partial charge >= 0.3 is 5.51 Å². The van der Waals surface area contributed by atoms with Crippen LogP contribution < -0.4 is 16.6 Å². The van der Waals surface area contributed by atoms with Crippen LogP contribution in [0.1, 0.15) is 6.92 Å². The molecule has 0 saturated carbocycles. The van der Waals surface area contributed by atoms with Gasteiger partial charge in [0.05, 0.1) is 6.54 Å². The molecule has 0 aliphatic rings. The standard InChI is InChI=1S/C6H13F3N4S/c1-2-11-5(13-10)12-3-4-14-6(7,8)9/h2-4,10H2,1H3,(H2,11,12,13). The largest absolute Gasteiger partial charge is 0.441 e. The van der Waals surface area contributed by atoms with E-state index < -0.39 is 5.51 Å². The van der Waals surface area contributed by atoms with Crippen LogP contribution in [-0.2, 0) is 0 Å². The van der Waals surface area contributed by atoms with E-state index in [1.807, 2.05) is 6.92 Å². The first-order chi connectivity index (χ1) is 6.49. The van der Waals surface area contributed by atoms with Crippen LogP contribution in [0.2, 0.25) is 0 Å². The SMILES string of the molecule is CCNC(=NCCSC(F)(F)F)NN. The van der Waals surface area contributed by atoms with Crippen molar-refractivity contribution >= 4 is 17.7 Å². The Kier molecular flexibility index (Phi) is 6.46. The lowest BCUT2D eigenvalue weighted by Gasteiger charge is -2.07. The Bertz CT molecular complexity index is 182. The molecule has 4 N–H and O–H groups in total. The highest BCUT2D eigenvalue weighted by Gasteiger charge is 2.27. The van der Waals surface area contributed by atoms with E-state index in [0.717, 1.165) is 0 Å². The van der Waals surface area contributed by atoms with E-state index in [9.17, 15) is 13.2 Å². The number of rotatable bonds is 4. The summed E-state index contributed by atoms with van der Waals surface area (Å²) in [6, 6.07) is 0. The summed E-state index contributed by atoms with van der Waals surface area (Å²) in [6.45, 7) is 2.50. The third-order valence-electron chi connectivity index (χ3n) is 1.11. The lowest BCUT2D eigenvalue weighted by atomic mass is 10.7. The van der Waals surface area contributed by atoms with Crippen molar-refractivity contribution in [2.24, 2.45) is 10.8 Å². The minimum atomic E-state index is -4.19. The number of thioether (sulfide) groups is 1. The minimum Gasteiger partial charge on any atom is -0.356 e. The van der Waals surface area contributed by atoms with Crippen molar-refractivity contribution in [1.82, 2.24) is 10.7 Å². The second-order valence-electron chi connectivity index (χ2n) is 2.20. The lowest BCUT2D eigenvalue weighted by molar-refractivity contribution is -0.0327. The molecule has 0 atom stereocenters. The number of hydrazine groups is 1. The van der Waals surface area contributed by atoms with Crippen molar-refractivity contribution in [3.8, 4) is 0 Å². The number of hydrogen-bond donors (Lipinski definition) is 3. The highest BCUT2D eigenvalue weighted by molar-refractivity contribution is 8.00. The van der Waals surface area contributed by atoms with E-state index in [-0.39, 0.29) is 24.1 Å². The van der Waals surface area contributed by atoms with E-state index in [4.69, 9.17) is 5.84 Å². The molecule has 0 saturated heterocycles. The molecule has 14 heavy (non-hydrogen) atoms. The quantitative estimate of drug-likeness (QED) is 0.218. The average molecular weight is 230 g/mol. The van der Waals surface area contributed by atoms with Crippen molar-refractivity contribution in [3.63, 3.8) is 0 Å². The van der Waals surface area contributed by atoms with Crippen molar-refractivity contribution in [3.05, 3.63) is 0 Å². The average Bonchev–Trinajstić information content (AvgIpc) is 2.08. The summed E-state index contributed by atoms with van der Waals surface area (Å²) in [6.07, 6.45) is 0. The molecular formula is C6H13F3N4S. The summed E-state index contributed by atoms with van der Waals surface area (Å²) in [4.78, 5) is 3.78. The number of guanidine groups is 1. The topological polar surface area (TPSA) is 62.4 Å². The normalized spacial score (nSPS) is 12.8. The van der Waals surface area contributed by atoms with Crippen LogP contribution in [0, 0.1) is 0 Å². The first kappa shape index (κ1) is 13.4. The Labute approximate surface area is 84.5 Å². The number of aliphatic imine (C=N–C) groups is 1. The molecule has 0 aliphatic carbocycles. The van der Waals surface area contributed by atoms with Gasteiger partial charge in [0.15, 0.2) is 0 Å². The van der Waals surface area contributed by atoms with Crippen LogP contribution in [0.15, 0.2) is 4.99 Å². The smallest absolute Gasteiger partial charge is 0.356 e. The molecule has 0 radical (unpaired) electrons. The molecule has 0 aromatic heterocycles. The highest BCUT2D eigenvalue weighted by Crippen LogP contribution is 2.29. The molecule has 0 unspecified atom stereocenters. The molecule has 0 spiro atoms. The van der Waals surface area contributed by atoms with Gasteiger partial charge in [0, 0.05) is 12.3 Å². The molecule has 0 amide bonds. The van der Waals surface area contributed by atoms with Gasteiger partial charge in [0.1, 0.15) is 0 Å². The minimum absolute atomic E-state index is 0.0662. The van der Waals surface area contributed by atoms with Crippen molar-refractivity contribution in [1.29, 1.82) is 0 Å². The van der Waals surface area contributed by atoms with Gasteiger partial charge in [0.25, 0.3) is 0 Å². The Morgan fingerprint density at radius 3 is 2.57 bits per heavy atom. The summed E-state index contributed by atoms with van der Waals surface area (Å²) in [5.74, 6) is 5.24. The molecule has 0 aliphatic heterocycles. The van der Waals surface area contributed by atoms with Gasteiger partial charge < -0.3 is 5.32 Å². The Balaban J connectivity index is 3.68. The Morgan fingerprint density at radius 2 is 2.14 bits per heavy atom. The fourth-order valence-corrected chi connectivity index (χ4v) is 1.05. The van der Waals surface area contributed by atoms with Gasteiger partial charge in [0.2, 0.25) is 5.96 Å². The van der Waals surface area contributed by atoms with Crippen molar-refractivity contribution < 1.29 is 13.2 Å². The van der Waals surface area contributed by atoms with E-state index in [2.05, 4.69) is 15.7 Å². The van der Waals surface area contributed by atoms with Crippen LogP contribution in [0.3, 0.4) is 0 Å². The molecule has 0 heterocycles. The molecule has 0 bridgehead atoms. The maximum Gasteiger partial charge on any atom is 0.441 e. The summed E-state index contributed by atoms with van der Waals surface area (Å²) in [5.41, 5.74) is -1.94. The monoisotopic (exact) mass is 230 g/mol. The third kappa shape index (κ3) is 7.99. The molecule has 0 fully saturated rings. The van der Waals surface area contributed by atoms with Gasteiger partial charge in [-0.05, 0) is 18.7 Å². The molecule has 8 heteroatoms. The number of alkyl halides is 3. The second kappa shape index (κ2) is 6.77. The van der Waals surface area contributed by atoms with Gasteiger partial charge in [-0.3, -0.25) is 10.4 Å². The van der Waals surface area contributed by atoms with Crippen LogP contribution in [0.25, 0.3) is 0 Å². The van der Waals surface area contributed by atoms with E-state index >= 15 is 0 Å². The van der Waals surface area contributed by atoms with Gasteiger partial charge in [-0.2, -0.15) is 13.2 Å². The summed E-state index contributed by atoms with van der Waals surface area (Å²) >= 11 is -0.0993. The number of nitrogens with zero attached hydrogens (tertiary/aromatic N) is 1. The molecule has 4 nitrogen and oxygen atoms in total. The Morgan fingerprint density at radius 1 is 1.50 bits per heavy atom. The summed E-state index contributed by atoms with van der Waals surface area (Å²) in [5, 5.41) is 2.75. The first-order valence-electron chi connectivity index (χ1n) is 3.95. The van der Waals surface area contributed by atoms with Crippen LogP contribution in [0.5, 0.6) is 0 Å². The van der Waals surface area contributed by atoms with Gasteiger partial charge in [-0.15, -0.1) is 0 Å². The van der Waals surface area contributed by atoms with Gasteiger partial charge in [-0.25, -0.2) is 5.84 Å². The molecule has 0 aromatic rings. The lowest BCUT2D eigenvalue weighted by Crippen LogP contribution is -2.41. The zero-order chi connectivity index (χ0) is 11.0. The number of halogens is 3. The van der Waals surface area contributed by atoms with Crippen molar-refractivity contribution in [2.45, 2.75) is 12.4 Å². The zero-order valence-electron chi connectivity index (χ0n) is 7.69. The number of nitrogens with one attached hydrogen (secondary N) is 2. The first-order valence-corrected chi connectivity index (χ1v) is 4.93. The summed E-state index contributed by atoms with van der Waals surface area (Å²) in [7, 11) is 0. The predicted octanol–water partition coefficient (Wildman–Crippen LogP) is 0.668. The number of hydrogen-bond acceptors (Lipinski definition) is 3. The van der Waals surface area contributed by atoms with Crippen LogP contribution >= 0.6 is 11.8 Å². The second-order valence-corrected chi connectivity index (χ2v) is 3.36. The molecule has 0 rings (SSSR count).